The molecule has 1 N–H and O–H groups in total. The second-order valence-electron chi connectivity index (χ2n) is 5.74. The Kier molecular flexibility index (Phi) is 6.08. The van der Waals surface area contributed by atoms with Crippen LogP contribution in [0.25, 0.3) is 0 Å². The van der Waals surface area contributed by atoms with Gasteiger partial charge in [0.2, 0.25) is 0 Å². The number of nitrogens with one attached hydrogen (secondary N) is 1. The van der Waals surface area contributed by atoms with Crippen molar-refractivity contribution in [3.8, 4) is 11.5 Å². The van der Waals surface area contributed by atoms with Gasteiger partial charge in [0.25, 0.3) is 5.91 Å². The van der Waals surface area contributed by atoms with E-state index in [2.05, 4.69) is 31.4 Å². The number of benzene rings is 1. The molecule has 27 heavy (non-hydrogen) atoms. The molecule has 2 aromatic heterocycles. The van der Waals surface area contributed by atoms with E-state index in [4.69, 9.17) is 14.0 Å². The fourth-order valence-corrected chi connectivity index (χ4v) is 2.79. The molecule has 0 aliphatic carbocycles. The number of halogens is 1. The molecule has 1 amide bonds. The zero-order valence-electron chi connectivity index (χ0n) is 14.9. The van der Waals surface area contributed by atoms with Gasteiger partial charge < -0.3 is 19.3 Å². The lowest BCUT2D eigenvalue weighted by molar-refractivity contribution is 0.0950. The molecule has 8 heteroatoms. The van der Waals surface area contributed by atoms with Crippen LogP contribution in [-0.4, -0.2) is 23.2 Å². The van der Waals surface area contributed by atoms with Gasteiger partial charge in [-0.2, -0.15) is 0 Å². The Morgan fingerprint density at radius 1 is 1.26 bits per heavy atom. The average Bonchev–Trinajstić information content (AvgIpc) is 3.10. The normalized spacial score (nSPS) is 10.5. The van der Waals surface area contributed by atoms with Crippen molar-refractivity contribution in [3.05, 3.63) is 69.8 Å². The monoisotopic (exact) mass is 431 g/mol. The highest BCUT2D eigenvalue weighted by atomic mass is 79.9. The minimum Gasteiger partial charge on any atom is -0.495 e. The van der Waals surface area contributed by atoms with Gasteiger partial charge in [0.05, 0.1) is 35.7 Å². The maximum atomic E-state index is 12.3. The number of carbonyl (C=O) groups is 1. The van der Waals surface area contributed by atoms with Gasteiger partial charge in [0.15, 0.2) is 5.76 Å². The molecule has 7 nitrogen and oxygen atoms in total. The zero-order valence-corrected chi connectivity index (χ0v) is 16.4. The van der Waals surface area contributed by atoms with Crippen molar-refractivity contribution in [2.75, 3.05) is 7.11 Å². The summed E-state index contributed by atoms with van der Waals surface area (Å²) in [6.07, 6.45) is 1.61. The summed E-state index contributed by atoms with van der Waals surface area (Å²) in [5, 5.41) is 6.64. The van der Waals surface area contributed by atoms with Crippen LogP contribution < -0.4 is 14.8 Å². The summed E-state index contributed by atoms with van der Waals surface area (Å²) < 4.78 is 16.5. The van der Waals surface area contributed by atoms with Gasteiger partial charge in [-0.05, 0) is 53.2 Å². The van der Waals surface area contributed by atoms with Crippen LogP contribution in [0, 0.1) is 6.92 Å². The number of methoxy groups -OCH3 is 1. The second-order valence-corrected chi connectivity index (χ2v) is 6.59. The first-order chi connectivity index (χ1) is 13.0. The Morgan fingerprint density at radius 3 is 2.74 bits per heavy atom. The number of hydrogen-bond donors (Lipinski definition) is 1. The zero-order chi connectivity index (χ0) is 19.2. The number of hydrogen-bond acceptors (Lipinski definition) is 6. The van der Waals surface area contributed by atoms with Gasteiger partial charge in [-0.3, -0.25) is 9.78 Å². The molecular weight excluding hydrogens is 414 g/mol. The van der Waals surface area contributed by atoms with E-state index in [0.29, 0.717) is 33.8 Å². The number of amides is 1. The Morgan fingerprint density at radius 2 is 2.11 bits per heavy atom. The van der Waals surface area contributed by atoms with Gasteiger partial charge in [-0.25, -0.2) is 0 Å². The van der Waals surface area contributed by atoms with Crippen LogP contribution >= 0.6 is 15.9 Å². The lowest BCUT2D eigenvalue weighted by Crippen LogP contribution is -2.23. The molecule has 140 valence electrons. The minimum atomic E-state index is -0.203. The van der Waals surface area contributed by atoms with Crippen LogP contribution in [0.4, 0.5) is 0 Å². The van der Waals surface area contributed by atoms with E-state index >= 15 is 0 Å². The molecule has 0 saturated heterocycles. The quantitative estimate of drug-likeness (QED) is 0.614. The van der Waals surface area contributed by atoms with Crippen molar-refractivity contribution in [1.29, 1.82) is 0 Å². The number of pyridine rings is 1. The molecule has 0 aliphatic heterocycles. The van der Waals surface area contributed by atoms with Gasteiger partial charge in [0, 0.05) is 11.6 Å². The van der Waals surface area contributed by atoms with Crippen molar-refractivity contribution in [2.45, 2.75) is 20.1 Å². The molecule has 0 atom stereocenters. The summed E-state index contributed by atoms with van der Waals surface area (Å²) >= 11 is 3.43. The highest BCUT2D eigenvalue weighted by molar-refractivity contribution is 9.10. The molecule has 0 fully saturated rings. The second kappa shape index (κ2) is 8.68. The SMILES string of the molecule is COc1ccc(CNC(=O)c2ccc(OCc3cc(C)no3)c(Br)c2)nc1. The number of rotatable bonds is 7. The van der Waals surface area contributed by atoms with Crippen molar-refractivity contribution < 1.29 is 18.8 Å². The predicted octanol–water partition coefficient (Wildman–Crippen LogP) is 3.66. The van der Waals surface area contributed by atoms with Gasteiger partial charge in [-0.15, -0.1) is 0 Å². The van der Waals surface area contributed by atoms with Crippen LogP contribution in [0.3, 0.4) is 0 Å². The Balaban J connectivity index is 1.57. The smallest absolute Gasteiger partial charge is 0.251 e. The number of nitrogens with zero attached hydrogens (tertiary/aromatic N) is 2. The third-order valence-corrected chi connectivity index (χ3v) is 4.32. The largest absolute Gasteiger partial charge is 0.495 e. The maximum absolute atomic E-state index is 12.3. The summed E-state index contributed by atoms with van der Waals surface area (Å²) in [6.45, 7) is 2.43. The summed E-state index contributed by atoms with van der Waals surface area (Å²) in [7, 11) is 1.58. The maximum Gasteiger partial charge on any atom is 0.251 e. The first kappa shape index (κ1) is 18.9. The molecule has 0 aliphatic rings. The predicted molar refractivity (Wildman–Crippen MR) is 102 cm³/mol. The van der Waals surface area contributed by atoms with Crippen molar-refractivity contribution in [1.82, 2.24) is 15.5 Å². The van der Waals surface area contributed by atoms with Crippen LogP contribution in [0.5, 0.6) is 11.5 Å². The first-order valence-electron chi connectivity index (χ1n) is 8.17. The van der Waals surface area contributed by atoms with Crippen LogP contribution in [-0.2, 0) is 13.2 Å². The number of aromatic nitrogens is 2. The lowest BCUT2D eigenvalue weighted by atomic mass is 10.2. The highest BCUT2D eigenvalue weighted by Crippen LogP contribution is 2.27. The van der Waals surface area contributed by atoms with E-state index < -0.39 is 0 Å². The van der Waals surface area contributed by atoms with E-state index in [0.717, 1.165) is 11.4 Å². The Bertz CT molecular complexity index is 925. The van der Waals surface area contributed by atoms with Crippen molar-refractivity contribution in [2.24, 2.45) is 0 Å². The number of ether oxygens (including phenoxy) is 2. The average molecular weight is 432 g/mol. The molecule has 0 unspecified atom stereocenters. The topological polar surface area (TPSA) is 86.5 Å². The number of carbonyl (C=O) groups excluding carboxylic acids is 1. The lowest BCUT2D eigenvalue weighted by Gasteiger charge is -2.09. The molecule has 0 saturated carbocycles. The summed E-state index contributed by atoms with van der Waals surface area (Å²) in [6, 6.07) is 10.5. The fraction of sp³-hybridized carbons (Fsp3) is 0.211. The van der Waals surface area contributed by atoms with Gasteiger partial charge >= 0.3 is 0 Å². The van der Waals surface area contributed by atoms with E-state index in [1.165, 1.54) is 0 Å². The fourth-order valence-electron chi connectivity index (χ4n) is 2.30. The minimum absolute atomic E-state index is 0.203. The molecule has 2 heterocycles. The summed E-state index contributed by atoms with van der Waals surface area (Å²) in [4.78, 5) is 16.6. The van der Waals surface area contributed by atoms with E-state index in [9.17, 15) is 4.79 Å². The molecule has 0 radical (unpaired) electrons. The third kappa shape index (κ3) is 5.07. The highest BCUT2D eigenvalue weighted by Gasteiger charge is 2.11. The molecular formula is C19H18BrN3O4. The van der Waals surface area contributed by atoms with E-state index in [1.54, 1.807) is 43.6 Å². The van der Waals surface area contributed by atoms with E-state index in [-0.39, 0.29) is 12.5 Å². The van der Waals surface area contributed by atoms with Crippen molar-refractivity contribution >= 4 is 21.8 Å². The molecule has 1 aromatic carbocycles. The van der Waals surface area contributed by atoms with E-state index in [1.807, 2.05) is 13.0 Å². The Labute approximate surface area is 164 Å². The summed E-state index contributed by atoms with van der Waals surface area (Å²) in [5.41, 5.74) is 2.05. The molecule has 0 spiro atoms. The molecule has 0 bridgehead atoms. The molecule has 3 aromatic rings. The van der Waals surface area contributed by atoms with Gasteiger partial charge in [0.1, 0.15) is 18.1 Å². The van der Waals surface area contributed by atoms with Crippen molar-refractivity contribution in [3.63, 3.8) is 0 Å². The number of aryl methyl sites for hydroxylation is 1. The van der Waals surface area contributed by atoms with Gasteiger partial charge in [-0.1, -0.05) is 5.16 Å². The van der Waals surface area contributed by atoms with Crippen LogP contribution in [0.1, 0.15) is 27.5 Å². The molecule has 3 rings (SSSR count). The Hall–Kier alpha value is -2.87. The first-order valence-corrected chi connectivity index (χ1v) is 8.96. The van der Waals surface area contributed by atoms with Crippen LogP contribution in [0.15, 0.2) is 51.6 Å². The third-order valence-electron chi connectivity index (χ3n) is 3.70. The standard InChI is InChI=1S/C19H18BrN3O4/c1-12-7-16(27-23-12)11-26-18-6-3-13(8-17(18)20)19(24)22-9-14-4-5-15(25-2)10-21-14/h3-8,10H,9,11H2,1-2H3,(H,22,24). The van der Waals surface area contributed by atoms with Crippen LogP contribution in [0.2, 0.25) is 0 Å². The summed E-state index contributed by atoms with van der Waals surface area (Å²) in [5.74, 6) is 1.71.